The van der Waals surface area contributed by atoms with E-state index >= 15 is 0 Å². The number of nitrogens with zero attached hydrogens (tertiary/aromatic N) is 4. The van der Waals surface area contributed by atoms with E-state index < -0.39 is 6.09 Å². The Hall–Kier alpha value is -2.47. The van der Waals surface area contributed by atoms with Crippen LogP contribution < -0.4 is 0 Å². The molecule has 0 aliphatic rings. The number of hydrogen-bond acceptors (Lipinski definition) is 5. The van der Waals surface area contributed by atoms with Crippen LogP contribution >= 0.6 is 11.6 Å². The first kappa shape index (κ1) is 13.5. The SMILES string of the molecule is COC(=O)n1c(C)nc2c(Cl)nc(-c3ccccc3)nc21. The molecule has 2 heterocycles. The summed E-state index contributed by atoms with van der Waals surface area (Å²) >= 11 is 6.17. The van der Waals surface area contributed by atoms with Crippen LogP contribution in [0.2, 0.25) is 5.15 Å². The fraction of sp³-hybridized carbons (Fsp3) is 0.143. The molecule has 0 fully saturated rings. The molecular weight excluding hydrogens is 292 g/mol. The lowest BCUT2D eigenvalue weighted by Gasteiger charge is -2.04. The predicted octanol–water partition coefficient (Wildman–Crippen LogP) is 3.07. The summed E-state index contributed by atoms with van der Waals surface area (Å²) in [6.07, 6.45) is -0.566. The van der Waals surface area contributed by atoms with Gasteiger partial charge < -0.3 is 4.74 Å². The maximum Gasteiger partial charge on any atom is 0.420 e. The van der Waals surface area contributed by atoms with Gasteiger partial charge in [-0.05, 0) is 6.92 Å². The molecule has 7 heteroatoms. The number of ether oxygens (including phenoxy) is 1. The average molecular weight is 303 g/mol. The molecule has 106 valence electrons. The summed E-state index contributed by atoms with van der Waals surface area (Å²) in [5.41, 5.74) is 1.51. The van der Waals surface area contributed by atoms with Gasteiger partial charge in [0, 0.05) is 5.56 Å². The van der Waals surface area contributed by atoms with E-state index in [1.54, 1.807) is 6.92 Å². The van der Waals surface area contributed by atoms with Crippen molar-refractivity contribution in [2.75, 3.05) is 7.11 Å². The number of aromatic nitrogens is 4. The number of carbonyl (C=O) groups is 1. The van der Waals surface area contributed by atoms with Crippen molar-refractivity contribution in [3.63, 3.8) is 0 Å². The molecule has 3 aromatic rings. The van der Waals surface area contributed by atoms with Gasteiger partial charge in [0.05, 0.1) is 7.11 Å². The minimum atomic E-state index is -0.566. The van der Waals surface area contributed by atoms with E-state index in [0.29, 0.717) is 22.8 Å². The number of methoxy groups -OCH3 is 1. The fourth-order valence-electron chi connectivity index (χ4n) is 2.06. The molecule has 0 spiro atoms. The maximum absolute atomic E-state index is 11.9. The lowest BCUT2D eigenvalue weighted by Crippen LogP contribution is -2.13. The Balaban J connectivity index is 2.30. The van der Waals surface area contributed by atoms with Gasteiger partial charge in [-0.25, -0.2) is 24.3 Å². The smallest absolute Gasteiger partial charge is 0.420 e. The summed E-state index contributed by atoms with van der Waals surface area (Å²) in [5, 5.41) is 0.199. The van der Waals surface area contributed by atoms with Crippen molar-refractivity contribution < 1.29 is 9.53 Å². The fourth-order valence-corrected chi connectivity index (χ4v) is 2.27. The number of imidazole rings is 1. The Morgan fingerprint density at radius 2 is 1.90 bits per heavy atom. The molecule has 0 aliphatic carbocycles. The van der Waals surface area contributed by atoms with Gasteiger partial charge in [0.2, 0.25) is 0 Å². The lowest BCUT2D eigenvalue weighted by atomic mass is 10.2. The van der Waals surface area contributed by atoms with Crippen LogP contribution in [-0.4, -0.2) is 32.7 Å². The third kappa shape index (κ3) is 2.23. The topological polar surface area (TPSA) is 69.9 Å². The van der Waals surface area contributed by atoms with Crippen LogP contribution in [-0.2, 0) is 4.74 Å². The highest BCUT2D eigenvalue weighted by molar-refractivity contribution is 6.33. The van der Waals surface area contributed by atoms with E-state index in [4.69, 9.17) is 16.3 Å². The minimum Gasteiger partial charge on any atom is -0.452 e. The van der Waals surface area contributed by atoms with Crippen molar-refractivity contribution in [2.45, 2.75) is 6.92 Å². The Bertz CT molecular complexity index is 830. The first-order chi connectivity index (χ1) is 10.1. The maximum atomic E-state index is 11.9. The number of hydrogen-bond donors (Lipinski definition) is 0. The molecule has 6 nitrogen and oxygen atoms in total. The molecule has 0 N–H and O–H groups in total. The van der Waals surface area contributed by atoms with Gasteiger partial charge in [-0.3, -0.25) is 0 Å². The number of halogens is 1. The van der Waals surface area contributed by atoms with Gasteiger partial charge in [-0.1, -0.05) is 41.9 Å². The summed E-state index contributed by atoms with van der Waals surface area (Å²) in [4.78, 5) is 24.7. The molecule has 0 aliphatic heterocycles. The standard InChI is InChI=1S/C14H11ClN4O2/c1-8-16-10-11(15)17-12(9-6-4-3-5-7-9)18-13(10)19(8)14(20)21-2/h3-7H,1-2H3. The van der Waals surface area contributed by atoms with E-state index in [9.17, 15) is 4.79 Å². The number of rotatable bonds is 1. The third-order valence-electron chi connectivity index (χ3n) is 3.02. The summed E-state index contributed by atoms with van der Waals surface area (Å²) in [5.74, 6) is 0.872. The molecule has 0 saturated heterocycles. The first-order valence-corrected chi connectivity index (χ1v) is 6.56. The van der Waals surface area contributed by atoms with Crippen molar-refractivity contribution in [1.82, 2.24) is 19.5 Å². The quantitative estimate of drug-likeness (QED) is 0.646. The monoisotopic (exact) mass is 302 g/mol. The average Bonchev–Trinajstić information content (AvgIpc) is 2.84. The van der Waals surface area contributed by atoms with Crippen LogP contribution in [0.4, 0.5) is 4.79 Å². The third-order valence-corrected chi connectivity index (χ3v) is 3.28. The Labute approximate surface area is 125 Å². The molecule has 0 bridgehead atoms. The van der Waals surface area contributed by atoms with Crippen molar-refractivity contribution in [3.05, 3.63) is 41.3 Å². The summed E-state index contributed by atoms with van der Waals surface area (Å²) in [6.45, 7) is 1.68. The normalized spacial score (nSPS) is 10.8. The van der Waals surface area contributed by atoms with Gasteiger partial charge in [-0.2, -0.15) is 0 Å². The van der Waals surface area contributed by atoms with Gasteiger partial charge in [0.25, 0.3) is 0 Å². The first-order valence-electron chi connectivity index (χ1n) is 6.18. The number of benzene rings is 1. The molecule has 0 unspecified atom stereocenters. The van der Waals surface area contributed by atoms with E-state index in [-0.39, 0.29) is 5.15 Å². The molecule has 0 amide bonds. The highest BCUT2D eigenvalue weighted by atomic mass is 35.5. The second-order valence-electron chi connectivity index (χ2n) is 4.34. The Kier molecular flexibility index (Phi) is 3.31. The highest BCUT2D eigenvalue weighted by Crippen LogP contribution is 2.25. The van der Waals surface area contributed by atoms with Gasteiger partial charge in [0.1, 0.15) is 11.3 Å². The van der Waals surface area contributed by atoms with Crippen LogP contribution in [0.25, 0.3) is 22.6 Å². The number of fused-ring (bicyclic) bond motifs is 1. The molecule has 0 atom stereocenters. The van der Waals surface area contributed by atoms with Crippen LogP contribution in [0.15, 0.2) is 30.3 Å². The molecule has 21 heavy (non-hydrogen) atoms. The van der Waals surface area contributed by atoms with Crippen molar-refractivity contribution >= 4 is 28.9 Å². The summed E-state index contributed by atoms with van der Waals surface area (Å²) in [7, 11) is 1.30. The zero-order valence-electron chi connectivity index (χ0n) is 11.4. The van der Waals surface area contributed by atoms with Crippen LogP contribution in [0.5, 0.6) is 0 Å². The van der Waals surface area contributed by atoms with Crippen LogP contribution in [0, 0.1) is 6.92 Å². The van der Waals surface area contributed by atoms with Crippen molar-refractivity contribution in [1.29, 1.82) is 0 Å². The zero-order chi connectivity index (χ0) is 15.0. The predicted molar refractivity (Wildman–Crippen MR) is 78.3 cm³/mol. The highest BCUT2D eigenvalue weighted by Gasteiger charge is 2.20. The van der Waals surface area contributed by atoms with Crippen LogP contribution in [0.1, 0.15) is 5.82 Å². The number of aryl methyl sites for hydroxylation is 1. The van der Waals surface area contributed by atoms with Gasteiger partial charge in [-0.15, -0.1) is 0 Å². The van der Waals surface area contributed by atoms with E-state index in [0.717, 1.165) is 5.56 Å². The van der Waals surface area contributed by atoms with Crippen molar-refractivity contribution in [2.24, 2.45) is 0 Å². The summed E-state index contributed by atoms with van der Waals surface area (Å²) in [6, 6.07) is 9.37. The molecular formula is C14H11ClN4O2. The van der Waals surface area contributed by atoms with E-state index in [1.165, 1.54) is 11.7 Å². The van der Waals surface area contributed by atoms with Gasteiger partial charge >= 0.3 is 6.09 Å². The second kappa shape index (κ2) is 5.14. The Morgan fingerprint density at radius 3 is 2.57 bits per heavy atom. The largest absolute Gasteiger partial charge is 0.452 e. The lowest BCUT2D eigenvalue weighted by molar-refractivity contribution is 0.173. The minimum absolute atomic E-state index is 0.199. The van der Waals surface area contributed by atoms with Crippen molar-refractivity contribution in [3.8, 4) is 11.4 Å². The molecule has 0 radical (unpaired) electrons. The Morgan fingerprint density at radius 1 is 1.19 bits per heavy atom. The molecule has 1 aromatic carbocycles. The molecule has 3 rings (SSSR count). The van der Waals surface area contributed by atoms with Crippen LogP contribution in [0.3, 0.4) is 0 Å². The molecule has 0 saturated carbocycles. The summed E-state index contributed by atoms with van der Waals surface area (Å²) < 4.78 is 6.02. The molecule has 2 aromatic heterocycles. The van der Waals surface area contributed by atoms with Gasteiger partial charge in [0.15, 0.2) is 16.6 Å². The van der Waals surface area contributed by atoms with E-state index in [2.05, 4.69) is 15.0 Å². The zero-order valence-corrected chi connectivity index (χ0v) is 12.1. The van der Waals surface area contributed by atoms with E-state index in [1.807, 2.05) is 30.3 Å². The second-order valence-corrected chi connectivity index (χ2v) is 4.70. The number of carbonyl (C=O) groups excluding carboxylic acids is 1.